The highest BCUT2D eigenvalue weighted by Crippen LogP contribution is 2.28. The summed E-state index contributed by atoms with van der Waals surface area (Å²) in [5, 5.41) is 9.33. The van der Waals surface area contributed by atoms with Gasteiger partial charge in [0.25, 0.3) is 0 Å². The van der Waals surface area contributed by atoms with Gasteiger partial charge < -0.3 is 14.4 Å². The minimum absolute atomic E-state index is 0.108. The number of aromatic carboxylic acids is 1. The number of aromatic nitrogens is 2. The second kappa shape index (κ2) is 6.26. The van der Waals surface area contributed by atoms with Gasteiger partial charge in [0.1, 0.15) is 11.3 Å². The smallest absolute Gasteiger partial charge is 0.337 e. The third-order valence-corrected chi connectivity index (χ3v) is 3.50. The Bertz CT molecular complexity index is 646. The van der Waals surface area contributed by atoms with Crippen LogP contribution in [0.3, 0.4) is 0 Å². The van der Waals surface area contributed by atoms with E-state index in [1.807, 2.05) is 13.0 Å². The lowest BCUT2D eigenvalue weighted by molar-refractivity contribution is 0.0699. The maximum absolute atomic E-state index is 11.4. The molecule has 0 bridgehead atoms. The Hall–Kier alpha value is -1.88. The zero-order chi connectivity index (χ0) is 15.6. The number of hydrogen-bond acceptors (Lipinski definition) is 3. The number of benzene rings is 1. The Labute approximate surface area is 124 Å². The van der Waals surface area contributed by atoms with Gasteiger partial charge in [0.2, 0.25) is 0 Å². The normalized spacial score (nSPS) is 13.0. The zero-order valence-corrected chi connectivity index (χ0v) is 13.0. The summed E-state index contributed by atoms with van der Waals surface area (Å²) in [5.41, 5.74) is 1.65. The summed E-state index contributed by atoms with van der Waals surface area (Å²) < 4.78 is 7.61. The van der Waals surface area contributed by atoms with Crippen molar-refractivity contribution >= 4 is 17.0 Å². The van der Waals surface area contributed by atoms with E-state index >= 15 is 0 Å². The summed E-state index contributed by atoms with van der Waals surface area (Å²) in [6.45, 7) is 9.39. The lowest BCUT2D eigenvalue weighted by Gasteiger charge is -2.19. The standard InChI is InChI=1S/C16H22N2O3/c1-5-21-9-11(4)18-13-8-6-7-12(16(19)20)14(13)17-15(18)10(2)3/h6-8,10-11H,5,9H2,1-4H3,(H,19,20). The summed E-state index contributed by atoms with van der Waals surface area (Å²) in [6.07, 6.45) is 0. The van der Waals surface area contributed by atoms with Gasteiger partial charge in [-0.1, -0.05) is 19.9 Å². The molecule has 1 heterocycles. The Morgan fingerprint density at radius 1 is 1.38 bits per heavy atom. The number of fused-ring (bicyclic) bond motifs is 1. The van der Waals surface area contributed by atoms with Crippen LogP contribution in [0.5, 0.6) is 0 Å². The van der Waals surface area contributed by atoms with Crippen LogP contribution in [0.4, 0.5) is 0 Å². The molecule has 1 unspecified atom stereocenters. The molecule has 21 heavy (non-hydrogen) atoms. The van der Waals surface area contributed by atoms with Crippen molar-refractivity contribution in [3.8, 4) is 0 Å². The quantitative estimate of drug-likeness (QED) is 0.885. The predicted octanol–water partition coefficient (Wildman–Crippen LogP) is 3.46. The lowest BCUT2D eigenvalue weighted by Crippen LogP contribution is -2.15. The SMILES string of the molecule is CCOCC(C)n1c(C(C)C)nc2c(C(=O)O)cccc21. The van der Waals surface area contributed by atoms with E-state index in [1.54, 1.807) is 12.1 Å². The van der Waals surface area contributed by atoms with E-state index in [0.29, 0.717) is 18.7 Å². The summed E-state index contributed by atoms with van der Waals surface area (Å²) in [4.78, 5) is 16.0. The topological polar surface area (TPSA) is 64.4 Å². The Morgan fingerprint density at radius 2 is 2.10 bits per heavy atom. The van der Waals surface area contributed by atoms with Crippen molar-refractivity contribution < 1.29 is 14.6 Å². The molecule has 0 saturated carbocycles. The van der Waals surface area contributed by atoms with Crippen molar-refractivity contribution in [3.05, 3.63) is 29.6 Å². The van der Waals surface area contributed by atoms with Gasteiger partial charge in [-0.3, -0.25) is 0 Å². The first kappa shape index (κ1) is 15.5. The highest BCUT2D eigenvalue weighted by Gasteiger charge is 2.21. The zero-order valence-electron chi connectivity index (χ0n) is 13.0. The number of para-hydroxylation sites is 1. The maximum atomic E-state index is 11.4. The average molecular weight is 290 g/mol. The maximum Gasteiger partial charge on any atom is 0.337 e. The Kier molecular flexibility index (Phi) is 4.63. The van der Waals surface area contributed by atoms with Crippen LogP contribution in [0.25, 0.3) is 11.0 Å². The van der Waals surface area contributed by atoms with Crippen LogP contribution >= 0.6 is 0 Å². The molecule has 0 amide bonds. The molecule has 0 saturated heterocycles. The number of carboxylic acid groups (broad SMARTS) is 1. The first-order valence-electron chi connectivity index (χ1n) is 7.29. The van der Waals surface area contributed by atoms with Crippen molar-refractivity contribution in [2.45, 2.75) is 39.7 Å². The fraction of sp³-hybridized carbons (Fsp3) is 0.500. The molecular formula is C16H22N2O3. The van der Waals surface area contributed by atoms with Gasteiger partial charge in [-0.25, -0.2) is 9.78 Å². The Balaban J connectivity index is 2.63. The van der Waals surface area contributed by atoms with Gasteiger partial charge in [0, 0.05) is 12.5 Å². The van der Waals surface area contributed by atoms with E-state index in [9.17, 15) is 9.90 Å². The highest BCUT2D eigenvalue weighted by molar-refractivity contribution is 6.01. The van der Waals surface area contributed by atoms with E-state index in [2.05, 4.69) is 30.3 Å². The largest absolute Gasteiger partial charge is 0.478 e. The molecule has 5 heteroatoms. The molecule has 0 aliphatic heterocycles. The van der Waals surface area contributed by atoms with Crippen LogP contribution in [0, 0.1) is 0 Å². The van der Waals surface area contributed by atoms with Gasteiger partial charge in [-0.2, -0.15) is 0 Å². The van der Waals surface area contributed by atoms with Crippen molar-refractivity contribution in [2.75, 3.05) is 13.2 Å². The molecule has 1 aromatic carbocycles. The van der Waals surface area contributed by atoms with Gasteiger partial charge in [0.15, 0.2) is 0 Å². The molecule has 2 aromatic rings. The molecule has 2 rings (SSSR count). The molecule has 5 nitrogen and oxygen atoms in total. The van der Waals surface area contributed by atoms with Crippen molar-refractivity contribution in [1.82, 2.24) is 9.55 Å². The first-order chi connectivity index (χ1) is 9.97. The van der Waals surface area contributed by atoms with E-state index in [1.165, 1.54) is 0 Å². The number of hydrogen-bond donors (Lipinski definition) is 1. The van der Waals surface area contributed by atoms with Gasteiger partial charge >= 0.3 is 5.97 Å². The number of carbonyl (C=O) groups is 1. The summed E-state index contributed by atoms with van der Waals surface area (Å²) in [6, 6.07) is 5.39. The molecule has 1 aromatic heterocycles. The van der Waals surface area contributed by atoms with Gasteiger partial charge in [-0.15, -0.1) is 0 Å². The number of imidazole rings is 1. The summed E-state index contributed by atoms with van der Waals surface area (Å²) in [7, 11) is 0. The van der Waals surface area contributed by atoms with E-state index in [-0.39, 0.29) is 17.5 Å². The average Bonchev–Trinajstić information content (AvgIpc) is 2.83. The van der Waals surface area contributed by atoms with Crippen LogP contribution in [-0.4, -0.2) is 33.8 Å². The van der Waals surface area contributed by atoms with Crippen molar-refractivity contribution in [2.24, 2.45) is 0 Å². The summed E-state index contributed by atoms with van der Waals surface area (Å²) >= 11 is 0. The number of nitrogens with zero attached hydrogens (tertiary/aromatic N) is 2. The number of ether oxygens (including phenoxy) is 1. The van der Waals surface area contributed by atoms with Gasteiger partial charge in [-0.05, 0) is 26.0 Å². The van der Waals surface area contributed by atoms with Crippen LogP contribution in [0.1, 0.15) is 55.8 Å². The molecule has 1 atom stereocenters. The molecule has 0 fully saturated rings. The van der Waals surface area contributed by atoms with Crippen LogP contribution < -0.4 is 0 Å². The molecule has 114 valence electrons. The van der Waals surface area contributed by atoms with E-state index in [4.69, 9.17) is 4.74 Å². The fourth-order valence-corrected chi connectivity index (χ4v) is 2.54. The van der Waals surface area contributed by atoms with Gasteiger partial charge in [0.05, 0.1) is 23.7 Å². The molecule has 1 N–H and O–H groups in total. The molecule has 0 radical (unpaired) electrons. The molecular weight excluding hydrogens is 268 g/mol. The molecule has 0 spiro atoms. The minimum atomic E-state index is -0.946. The third kappa shape index (κ3) is 2.93. The number of rotatable bonds is 6. The van der Waals surface area contributed by atoms with E-state index in [0.717, 1.165) is 11.3 Å². The second-order valence-electron chi connectivity index (χ2n) is 5.48. The van der Waals surface area contributed by atoms with Crippen LogP contribution in [0.2, 0.25) is 0 Å². The predicted molar refractivity (Wildman–Crippen MR) is 82.0 cm³/mol. The Morgan fingerprint density at radius 3 is 2.67 bits per heavy atom. The lowest BCUT2D eigenvalue weighted by atomic mass is 10.1. The van der Waals surface area contributed by atoms with Crippen molar-refractivity contribution in [3.63, 3.8) is 0 Å². The molecule has 0 aliphatic carbocycles. The monoisotopic (exact) mass is 290 g/mol. The van der Waals surface area contributed by atoms with E-state index < -0.39 is 5.97 Å². The first-order valence-corrected chi connectivity index (χ1v) is 7.29. The number of carboxylic acids is 1. The highest BCUT2D eigenvalue weighted by atomic mass is 16.5. The van der Waals surface area contributed by atoms with Crippen molar-refractivity contribution in [1.29, 1.82) is 0 Å². The van der Waals surface area contributed by atoms with Crippen LogP contribution in [0.15, 0.2) is 18.2 Å². The minimum Gasteiger partial charge on any atom is -0.478 e. The molecule has 0 aliphatic rings. The third-order valence-electron chi connectivity index (χ3n) is 3.50. The fourth-order valence-electron chi connectivity index (χ4n) is 2.54. The second-order valence-corrected chi connectivity index (χ2v) is 5.48. The summed E-state index contributed by atoms with van der Waals surface area (Å²) in [5.74, 6) is 0.159. The van der Waals surface area contributed by atoms with Crippen LogP contribution in [-0.2, 0) is 4.74 Å².